The third kappa shape index (κ3) is 3.79. The van der Waals surface area contributed by atoms with Gasteiger partial charge in [-0.15, -0.1) is 0 Å². The summed E-state index contributed by atoms with van der Waals surface area (Å²) >= 11 is 0. The number of nitrogens with one attached hydrogen (secondary N) is 1. The van der Waals surface area contributed by atoms with Gasteiger partial charge in [0, 0.05) is 36.5 Å². The van der Waals surface area contributed by atoms with E-state index in [1.54, 1.807) is 24.1 Å². The van der Waals surface area contributed by atoms with Crippen LogP contribution in [-0.2, 0) is 6.42 Å². The molecular formula is C21H21N3O3. The number of hydrogen-bond acceptors (Lipinski definition) is 4. The van der Waals surface area contributed by atoms with Crippen LogP contribution < -0.4 is 14.8 Å². The molecule has 1 aromatic heterocycles. The monoisotopic (exact) mass is 363 g/mol. The molecule has 0 saturated heterocycles. The van der Waals surface area contributed by atoms with E-state index in [1.807, 2.05) is 48.7 Å². The smallest absolute Gasteiger partial charge is 0.251 e. The van der Waals surface area contributed by atoms with Crippen LogP contribution in [0.4, 0.5) is 0 Å². The maximum atomic E-state index is 12.5. The second kappa shape index (κ2) is 7.53. The normalized spacial score (nSPS) is 15.5. The molecule has 3 aromatic rings. The Morgan fingerprint density at radius 3 is 3.04 bits per heavy atom. The van der Waals surface area contributed by atoms with Crippen molar-refractivity contribution in [1.82, 2.24) is 15.1 Å². The van der Waals surface area contributed by atoms with Crippen LogP contribution in [0.1, 0.15) is 15.9 Å². The Bertz CT molecular complexity index is 938. The fourth-order valence-corrected chi connectivity index (χ4v) is 3.22. The van der Waals surface area contributed by atoms with E-state index in [2.05, 4.69) is 10.4 Å². The summed E-state index contributed by atoms with van der Waals surface area (Å²) in [5.74, 6) is 1.80. The minimum atomic E-state index is -0.0930. The maximum Gasteiger partial charge on any atom is 0.251 e. The van der Waals surface area contributed by atoms with E-state index in [9.17, 15) is 4.79 Å². The Hall–Kier alpha value is -3.28. The first kappa shape index (κ1) is 17.1. The Morgan fingerprint density at radius 2 is 2.22 bits per heavy atom. The molecule has 1 unspecified atom stereocenters. The van der Waals surface area contributed by atoms with Gasteiger partial charge in [0.05, 0.1) is 19.4 Å². The van der Waals surface area contributed by atoms with Crippen molar-refractivity contribution in [2.75, 3.05) is 20.3 Å². The Labute approximate surface area is 157 Å². The number of benzene rings is 2. The van der Waals surface area contributed by atoms with Crippen LogP contribution in [0.2, 0.25) is 0 Å². The minimum absolute atomic E-state index is 0.0930. The highest BCUT2D eigenvalue weighted by molar-refractivity contribution is 5.94. The van der Waals surface area contributed by atoms with E-state index in [-0.39, 0.29) is 11.8 Å². The van der Waals surface area contributed by atoms with Crippen LogP contribution in [0.5, 0.6) is 11.5 Å². The Morgan fingerprint density at radius 1 is 1.30 bits per heavy atom. The summed E-state index contributed by atoms with van der Waals surface area (Å²) in [6.45, 7) is 1.14. The number of aromatic nitrogens is 2. The van der Waals surface area contributed by atoms with Crippen molar-refractivity contribution in [2.45, 2.75) is 6.42 Å². The maximum absolute atomic E-state index is 12.5. The summed E-state index contributed by atoms with van der Waals surface area (Å²) in [5, 5.41) is 7.22. The molecule has 4 rings (SSSR count). The van der Waals surface area contributed by atoms with Crippen molar-refractivity contribution in [3.63, 3.8) is 0 Å². The Balaban J connectivity index is 1.38. The molecular weight excluding hydrogens is 342 g/mol. The van der Waals surface area contributed by atoms with Crippen molar-refractivity contribution in [3.8, 4) is 17.2 Å². The number of methoxy groups -OCH3 is 1. The third-order valence-electron chi connectivity index (χ3n) is 4.69. The summed E-state index contributed by atoms with van der Waals surface area (Å²) in [5.41, 5.74) is 2.61. The summed E-state index contributed by atoms with van der Waals surface area (Å²) in [7, 11) is 1.64. The second-order valence-electron chi connectivity index (χ2n) is 6.57. The van der Waals surface area contributed by atoms with Crippen molar-refractivity contribution in [3.05, 3.63) is 72.1 Å². The SMILES string of the molecule is COc1ccc2c(c1)OCC(CNC(=O)c1cccc(-n3cccn3)c1)C2. The van der Waals surface area contributed by atoms with Gasteiger partial charge in [0.25, 0.3) is 5.91 Å². The van der Waals surface area contributed by atoms with Gasteiger partial charge in [0.2, 0.25) is 0 Å². The average molecular weight is 363 g/mol. The molecule has 0 aliphatic carbocycles. The molecule has 1 aliphatic rings. The molecule has 138 valence electrons. The second-order valence-corrected chi connectivity index (χ2v) is 6.57. The highest BCUT2D eigenvalue weighted by atomic mass is 16.5. The molecule has 6 nitrogen and oxygen atoms in total. The van der Waals surface area contributed by atoms with Crippen molar-refractivity contribution >= 4 is 5.91 Å². The first-order valence-electron chi connectivity index (χ1n) is 8.91. The van der Waals surface area contributed by atoms with Crippen LogP contribution in [-0.4, -0.2) is 35.9 Å². The van der Waals surface area contributed by atoms with E-state index in [1.165, 1.54) is 0 Å². The van der Waals surface area contributed by atoms with Crippen LogP contribution in [0, 0.1) is 5.92 Å². The average Bonchev–Trinajstić information content (AvgIpc) is 3.26. The lowest BCUT2D eigenvalue weighted by Gasteiger charge is -2.25. The number of ether oxygens (including phenoxy) is 2. The van der Waals surface area contributed by atoms with Gasteiger partial charge < -0.3 is 14.8 Å². The molecule has 1 amide bonds. The zero-order chi connectivity index (χ0) is 18.6. The molecule has 27 heavy (non-hydrogen) atoms. The van der Waals surface area contributed by atoms with Crippen LogP contribution in [0.15, 0.2) is 60.9 Å². The molecule has 1 N–H and O–H groups in total. The molecule has 1 atom stereocenters. The molecule has 0 saturated carbocycles. The fraction of sp³-hybridized carbons (Fsp3) is 0.238. The first-order valence-corrected chi connectivity index (χ1v) is 8.91. The molecule has 2 aromatic carbocycles. The molecule has 0 fully saturated rings. The van der Waals surface area contributed by atoms with Crippen LogP contribution >= 0.6 is 0 Å². The number of nitrogens with zero attached hydrogens (tertiary/aromatic N) is 2. The summed E-state index contributed by atoms with van der Waals surface area (Å²) in [4.78, 5) is 12.5. The number of hydrogen-bond donors (Lipinski definition) is 1. The van der Waals surface area contributed by atoms with E-state index in [4.69, 9.17) is 9.47 Å². The largest absolute Gasteiger partial charge is 0.497 e. The topological polar surface area (TPSA) is 65.4 Å². The van der Waals surface area contributed by atoms with Gasteiger partial charge in [0.15, 0.2) is 0 Å². The van der Waals surface area contributed by atoms with Gasteiger partial charge in [-0.3, -0.25) is 4.79 Å². The van der Waals surface area contributed by atoms with Crippen molar-refractivity contribution in [2.24, 2.45) is 5.92 Å². The van der Waals surface area contributed by atoms with Gasteiger partial charge in [-0.05, 0) is 42.3 Å². The quantitative estimate of drug-likeness (QED) is 0.757. The number of amides is 1. The highest BCUT2D eigenvalue weighted by Crippen LogP contribution is 2.30. The molecule has 0 radical (unpaired) electrons. The predicted octanol–water partition coefficient (Wildman–Crippen LogP) is 2.86. The standard InChI is InChI=1S/C21H21N3O3/c1-26-19-7-6-16-10-15(14-27-20(16)12-19)13-22-21(25)17-4-2-5-18(11-17)24-9-3-8-23-24/h2-9,11-12,15H,10,13-14H2,1H3,(H,22,25). The summed E-state index contributed by atoms with van der Waals surface area (Å²) in [6.07, 6.45) is 4.43. The fourth-order valence-electron chi connectivity index (χ4n) is 3.22. The lowest BCUT2D eigenvalue weighted by molar-refractivity contribution is 0.0939. The van der Waals surface area contributed by atoms with E-state index < -0.39 is 0 Å². The summed E-state index contributed by atoms with van der Waals surface area (Å²) in [6, 6.07) is 15.1. The predicted molar refractivity (Wildman–Crippen MR) is 102 cm³/mol. The van der Waals surface area contributed by atoms with Gasteiger partial charge in [-0.25, -0.2) is 4.68 Å². The van der Waals surface area contributed by atoms with Gasteiger partial charge >= 0.3 is 0 Å². The lowest BCUT2D eigenvalue weighted by atomic mass is 9.96. The van der Waals surface area contributed by atoms with Crippen molar-refractivity contribution < 1.29 is 14.3 Å². The highest BCUT2D eigenvalue weighted by Gasteiger charge is 2.21. The molecule has 2 heterocycles. The van der Waals surface area contributed by atoms with Crippen LogP contribution in [0.3, 0.4) is 0 Å². The zero-order valence-electron chi connectivity index (χ0n) is 15.1. The molecule has 6 heteroatoms. The first-order chi connectivity index (χ1) is 13.2. The van der Waals surface area contributed by atoms with Gasteiger partial charge in [-0.1, -0.05) is 12.1 Å². The van der Waals surface area contributed by atoms with Crippen LogP contribution in [0.25, 0.3) is 5.69 Å². The van der Waals surface area contributed by atoms with E-state index >= 15 is 0 Å². The molecule has 0 bridgehead atoms. The molecule has 0 spiro atoms. The van der Waals surface area contributed by atoms with E-state index in [0.29, 0.717) is 18.7 Å². The lowest BCUT2D eigenvalue weighted by Crippen LogP contribution is -2.34. The number of rotatable bonds is 5. The number of carbonyl (C=O) groups excluding carboxylic acids is 1. The Kier molecular flexibility index (Phi) is 4.78. The van der Waals surface area contributed by atoms with Crippen molar-refractivity contribution in [1.29, 1.82) is 0 Å². The van der Waals surface area contributed by atoms with Gasteiger partial charge in [-0.2, -0.15) is 5.10 Å². The molecule has 1 aliphatic heterocycles. The van der Waals surface area contributed by atoms with E-state index in [0.717, 1.165) is 29.2 Å². The number of fused-ring (bicyclic) bond motifs is 1. The third-order valence-corrected chi connectivity index (χ3v) is 4.69. The summed E-state index contributed by atoms with van der Waals surface area (Å²) < 4.78 is 12.8. The zero-order valence-corrected chi connectivity index (χ0v) is 15.1. The van der Waals surface area contributed by atoms with Gasteiger partial charge in [0.1, 0.15) is 11.5 Å². The number of carbonyl (C=O) groups is 1. The minimum Gasteiger partial charge on any atom is -0.497 e.